The Labute approximate surface area is 84.5 Å². The summed E-state index contributed by atoms with van der Waals surface area (Å²) in [6, 6.07) is 0. The second-order valence-electron chi connectivity index (χ2n) is 3.42. The smallest absolute Gasteiger partial charge is 0.247 e. The summed E-state index contributed by atoms with van der Waals surface area (Å²) in [6.07, 6.45) is 1.33. The zero-order valence-corrected chi connectivity index (χ0v) is 9.20. The second kappa shape index (κ2) is 6.40. The van der Waals surface area contributed by atoms with Gasteiger partial charge in [-0.25, -0.2) is 19.4 Å². The number of rotatable bonds is 4. The van der Waals surface area contributed by atoms with Crippen molar-refractivity contribution in [2.45, 2.75) is 40.5 Å². The van der Waals surface area contributed by atoms with Crippen LogP contribution >= 0.6 is 0 Å². The highest BCUT2D eigenvalue weighted by atomic mass is 17.2. The summed E-state index contributed by atoms with van der Waals surface area (Å²) in [5.41, 5.74) is 0. The average Bonchev–Trinajstić information content (AvgIpc) is 2.22. The van der Waals surface area contributed by atoms with E-state index in [-0.39, 0.29) is 11.8 Å². The quantitative estimate of drug-likeness (QED) is 0.517. The van der Waals surface area contributed by atoms with Crippen LogP contribution in [0.4, 0.5) is 0 Å². The molecule has 4 nitrogen and oxygen atoms in total. The maximum absolute atomic E-state index is 11.1. The minimum absolute atomic E-state index is 0.236. The van der Waals surface area contributed by atoms with Crippen molar-refractivity contribution >= 4 is 11.9 Å². The number of hydrogen-bond acceptors (Lipinski definition) is 4. The van der Waals surface area contributed by atoms with Gasteiger partial charge in [0.15, 0.2) is 0 Å². The molecule has 0 aromatic rings. The summed E-state index contributed by atoms with van der Waals surface area (Å²) in [4.78, 5) is 31.0. The molecule has 0 aliphatic rings. The Hall–Kier alpha value is -1.06. The molecule has 0 saturated heterocycles. The summed E-state index contributed by atoms with van der Waals surface area (Å²) in [5.74, 6) is -1.47. The molecule has 2 unspecified atom stereocenters. The van der Waals surface area contributed by atoms with Crippen LogP contribution in [-0.4, -0.2) is 11.9 Å². The van der Waals surface area contributed by atoms with Gasteiger partial charge >= 0.3 is 11.9 Å². The van der Waals surface area contributed by atoms with Crippen molar-refractivity contribution in [2.24, 2.45) is 11.8 Å². The summed E-state index contributed by atoms with van der Waals surface area (Å²) in [5, 5.41) is 0. The van der Waals surface area contributed by atoms with E-state index in [9.17, 15) is 9.59 Å². The monoisotopic (exact) mass is 202 g/mol. The third kappa shape index (κ3) is 4.25. The first kappa shape index (κ1) is 12.9. The van der Waals surface area contributed by atoms with Crippen molar-refractivity contribution in [2.75, 3.05) is 0 Å². The maximum atomic E-state index is 11.1. The molecule has 0 aromatic carbocycles. The Morgan fingerprint density at radius 1 is 0.929 bits per heavy atom. The molecule has 0 aromatic heterocycles. The predicted octanol–water partition coefficient (Wildman–Crippen LogP) is 2.08. The van der Waals surface area contributed by atoms with Gasteiger partial charge in [-0.3, -0.25) is 0 Å². The van der Waals surface area contributed by atoms with Gasteiger partial charge in [0.25, 0.3) is 0 Å². The van der Waals surface area contributed by atoms with Crippen molar-refractivity contribution in [3.8, 4) is 0 Å². The van der Waals surface area contributed by atoms with Gasteiger partial charge in [0.1, 0.15) is 0 Å². The molecule has 4 heteroatoms. The molecule has 0 amide bonds. The minimum atomic E-state index is -0.496. The van der Waals surface area contributed by atoms with Gasteiger partial charge in [-0.05, 0) is 12.8 Å². The largest absolute Gasteiger partial charge is 0.358 e. The Morgan fingerprint density at radius 2 is 1.21 bits per heavy atom. The minimum Gasteiger partial charge on any atom is -0.247 e. The van der Waals surface area contributed by atoms with Crippen LogP contribution < -0.4 is 0 Å². The number of carbonyl (C=O) groups is 2. The van der Waals surface area contributed by atoms with Crippen LogP contribution in [0.1, 0.15) is 40.5 Å². The van der Waals surface area contributed by atoms with Crippen LogP contribution in [0.25, 0.3) is 0 Å². The molecule has 0 radical (unpaired) electrons. The van der Waals surface area contributed by atoms with E-state index in [0.717, 1.165) is 0 Å². The third-order valence-electron chi connectivity index (χ3n) is 2.24. The fourth-order valence-electron chi connectivity index (χ4n) is 0.580. The molecule has 0 N–H and O–H groups in total. The van der Waals surface area contributed by atoms with Gasteiger partial charge in [0, 0.05) is 0 Å². The lowest BCUT2D eigenvalue weighted by Crippen LogP contribution is -2.20. The van der Waals surface area contributed by atoms with Crippen molar-refractivity contribution in [3.63, 3.8) is 0 Å². The van der Waals surface area contributed by atoms with Crippen LogP contribution in [-0.2, 0) is 19.4 Å². The molecule has 14 heavy (non-hydrogen) atoms. The van der Waals surface area contributed by atoms with Crippen LogP contribution in [0.2, 0.25) is 0 Å². The van der Waals surface area contributed by atoms with Gasteiger partial charge in [-0.1, -0.05) is 27.7 Å². The number of hydrogen-bond donors (Lipinski definition) is 0. The topological polar surface area (TPSA) is 52.6 Å². The van der Waals surface area contributed by atoms with E-state index in [1.54, 1.807) is 13.8 Å². The summed E-state index contributed by atoms with van der Waals surface area (Å²) in [7, 11) is 0. The third-order valence-corrected chi connectivity index (χ3v) is 2.24. The Kier molecular flexibility index (Phi) is 5.92. The average molecular weight is 202 g/mol. The van der Waals surface area contributed by atoms with Crippen molar-refractivity contribution in [1.82, 2.24) is 0 Å². The molecule has 2 atom stereocenters. The molecule has 0 spiro atoms. The van der Waals surface area contributed by atoms with Crippen molar-refractivity contribution < 1.29 is 19.4 Å². The van der Waals surface area contributed by atoms with Gasteiger partial charge in [-0.15, -0.1) is 0 Å². The summed E-state index contributed by atoms with van der Waals surface area (Å²) in [6.45, 7) is 7.17. The van der Waals surface area contributed by atoms with E-state index in [4.69, 9.17) is 0 Å². The summed E-state index contributed by atoms with van der Waals surface area (Å²) < 4.78 is 0. The second-order valence-corrected chi connectivity index (χ2v) is 3.42. The van der Waals surface area contributed by atoms with E-state index in [2.05, 4.69) is 9.78 Å². The van der Waals surface area contributed by atoms with Crippen LogP contribution in [0, 0.1) is 11.8 Å². The van der Waals surface area contributed by atoms with Gasteiger partial charge in [0.05, 0.1) is 11.8 Å². The Morgan fingerprint density at radius 3 is 1.43 bits per heavy atom. The molecule has 0 bridgehead atoms. The van der Waals surface area contributed by atoms with E-state index in [0.29, 0.717) is 12.8 Å². The van der Waals surface area contributed by atoms with E-state index in [1.807, 2.05) is 13.8 Å². The van der Waals surface area contributed by atoms with Gasteiger partial charge in [0.2, 0.25) is 0 Å². The van der Waals surface area contributed by atoms with Crippen LogP contribution in [0.15, 0.2) is 0 Å². The fraction of sp³-hybridized carbons (Fsp3) is 0.800. The first-order valence-corrected chi connectivity index (χ1v) is 4.95. The standard InChI is InChI=1S/C10H18O4/c1-5-7(3)9(11)13-14-10(12)8(4)6-2/h7-8H,5-6H2,1-4H3. The zero-order chi connectivity index (χ0) is 11.1. The Bertz CT molecular complexity index is 178. The highest BCUT2D eigenvalue weighted by Crippen LogP contribution is 2.07. The lowest BCUT2D eigenvalue weighted by Gasteiger charge is -2.09. The molecule has 0 rings (SSSR count). The first-order chi connectivity index (χ1) is 6.52. The van der Waals surface area contributed by atoms with E-state index in [1.165, 1.54) is 0 Å². The van der Waals surface area contributed by atoms with Crippen LogP contribution in [0.5, 0.6) is 0 Å². The van der Waals surface area contributed by atoms with E-state index < -0.39 is 11.9 Å². The molecule has 82 valence electrons. The number of carbonyl (C=O) groups excluding carboxylic acids is 2. The van der Waals surface area contributed by atoms with Crippen molar-refractivity contribution in [3.05, 3.63) is 0 Å². The maximum Gasteiger partial charge on any atom is 0.358 e. The SMILES string of the molecule is CCC(C)C(=O)OOC(=O)C(C)CC. The molecule has 0 saturated carbocycles. The molecular formula is C10H18O4. The summed E-state index contributed by atoms with van der Waals surface area (Å²) >= 11 is 0. The van der Waals surface area contributed by atoms with Crippen molar-refractivity contribution in [1.29, 1.82) is 0 Å². The zero-order valence-electron chi connectivity index (χ0n) is 9.20. The normalized spacial score (nSPS) is 14.3. The fourth-order valence-corrected chi connectivity index (χ4v) is 0.580. The highest BCUT2D eigenvalue weighted by Gasteiger charge is 2.18. The molecular weight excluding hydrogens is 184 g/mol. The highest BCUT2D eigenvalue weighted by molar-refractivity contribution is 5.75. The molecule has 0 aliphatic heterocycles. The first-order valence-electron chi connectivity index (χ1n) is 4.95. The Balaban J connectivity index is 3.83. The molecule has 0 aliphatic carbocycles. The van der Waals surface area contributed by atoms with Gasteiger partial charge in [-0.2, -0.15) is 0 Å². The predicted molar refractivity (Wildman–Crippen MR) is 51.1 cm³/mol. The lowest BCUT2D eigenvalue weighted by molar-refractivity contribution is -0.264. The lowest BCUT2D eigenvalue weighted by atomic mass is 10.1. The molecule has 0 heterocycles. The van der Waals surface area contributed by atoms with Gasteiger partial charge < -0.3 is 0 Å². The van der Waals surface area contributed by atoms with Crippen LogP contribution in [0.3, 0.4) is 0 Å². The van der Waals surface area contributed by atoms with E-state index >= 15 is 0 Å². The molecule has 0 fully saturated rings.